The van der Waals surface area contributed by atoms with Gasteiger partial charge in [0.05, 0.1) is 11.9 Å². The van der Waals surface area contributed by atoms with Crippen molar-refractivity contribution in [1.29, 1.82) is 0 Å². The van der Waals surface area contributed by atoms with Crippen molar-refractivity contribution in [2.45, 2.75) is 24.8 Å². The van der Waals surface area contributed by atoms with Crippen LogP contribution in [0, 0.1) is 0 Å². The largest absolute Gasteiger partial charge is 0.477 e. The monoisotopic (exact) mass is 298 g/mol. The molecule has 0 bridgehead atoms. The third-order valence-electron chi connectivity index (χ3n) is 2.58. The van der Waals surface area contributed by atoms with Crippen molar-refractivity contribution in [3.05, 3.63) is 30.4 Å². The molecule has 2 aromatic rings. The van der Waals surface area contributed by atoms with E-state index in [0.717, 1.165) is 12.3 Å². The van der Waals surface area contributed by atoms with Crippen molar-refractivity contribution in [2.24, 2.45) is 0 Å². The lowest BCUT2D eigenvalue weighted by atomic mass is 10.4. The number of hydrogen-bond acceptors (Lipinski definition) is 4. The van der Waals surface area contributed by atoms with Crippen molar-refractivity contribution >= 4 is 21.7 Å². The summed E-state index contributed by atoms with van der Waals surface area (Å²) >= 11 is 0. The summed E-state index contributed by atoms with van der Waals surface area (Å²) in [7, 11) is -3.84. The minimum absolute atomic E-state index is 0.110. The number of carbonyl (C=O) groups is 1. The predicted molar refractivity (Wildman–Crippen MR) is 71.2 cm³/mol. The number of carboxylic acids is 1. The number of carboxylic acid groups (broad SMARTS) is 1. The predicted octanol–water partition coefficient (Wildman–Crippen LogP) is 1.29. The second kappa shape index (κ2) is 5.00. The number of nitrogens with zero attached hydrogens (tertiary/aromatic N) is 2. The molecule has 0 amide bonds. The van der Waals surface area contributed by atoms with Crippen LogP contribution in [0.3, 0.4) is 0 Å². The highest BCUT2D eigenvalue weighted by atomic mass is 32.2. The maximum Gasteiger partial charge on any atom is 0.352 e. The molecule has 2 aromatic heterocycles. The molecule has 0 saturated heterocycles. The van der Waals surface area contributed by atoms with E-state index in [4.69, 9.17) is 5.11 Å². The highest BCUT2D eigenvalue weighted by molar-refractivity contribution is 7.92. The van der Waals surface area contributed by atoms with Crippen LogP contribution in [0.2, 0.25) is 0 Å². The molecule has 3 N–H and O–H groups in total. The number of sulfonamides is 1. The molecule has 0 radical (unpaired) electrons. The third-order valence-corrected chi connectivity index (χ3v) is 3.94. The summed E-state index contributed by atoms with van der Waals surface area (Å²) in [6.07, 6.45) is 4.08. The van der Waals surface area contributed by atoms with Crippen LogP contribution in [0.4, 0.5) is 5.69 Å². The molecule has 0 unspecified atom stereocenters. The zero-order chi connectivity index (χ0) is 14.9. The number of hydrogen-bond donors (Lipinski definition) is 3. The van der Waals surface area contributed by atoms with E-state index in [0.29, 0.717) is 5.69 Å². The van der Waals surface area contributed by atoms with Crippen LogP contribution in [0.15, 0.2) is 29.6 Å². The van der Waals surface area contributed by atoms with E-state index in [2.05, 4.69) is 14.8 Å². The third kappa shape index (κ3) is 2.82. The Morgan fingerprint density at radius 2 is 2.20 bits per heavy atom. The maximum absolute atomic E-state index is 12.1. The Morgan fingerprint density at radius 3 is 2.70 bits per heavy atom. The molecule has 0 atom stereocenters. The molecule has 20 heavy (non-hydrogen) atoms. The summed E-state index contributed by atoms with van der Waals surface area (Å²) in [5, 5.41) is 12.8. The van der Waals surface area contributed by atoms with Gasteiger partial charge in [-0.05, 0) is 19.9 Å². The molecule has 0 aliphatic carbocycles. The smallest absolute Gasteiger partial charge is 0.352 e. The molecule has 2 rings (SSSR count). The topological polar surface area (TPSA) is 117 Å². The van der Waals surface area contributed by atoms with Gasteiger partial charge >= 0.3 is 5.97 Å². The van der Waals surface area contributed by atoms with Gasteiger partial charge in [-0.1, -0.05) is 0 Å². The first kappa shape index (κ1) is 14.1. The molecule has 0 saturated carbocycles. The van der Waals surface area contributed by atoms with Crippen LogP contribution in [-0.4, -0.2) is 34.3 Å². The second-order valence-electron chi connectivity index (χ2n) is 4.46. The molecular formula is C11H14N4O4S. The van der Waals surface area contributed by atoms with Crippen molar-refractivity contribution in [3.63, 3.8) is 0 Å². The van der Waals surface area contributed by atoms with Crippen LogP contribution >= 0.6 is 0 Å². The molecule has 0 fully saturated rings. The van der Waals surface area contributed by atoms with Gasteiger partial charge in [0.1, 0.15) is 10.6 Å². The van der Waals surface area contributed by atoms with E-state index in [1.165, 1.54) is 6.20 Å². The Labute approximate surface area is 115 Å². The van der Waals surface area contributed by atoms with Crippen molar-refractivity contribution < 1.29 is 18.3 Å². The van der Waals surface area contributed by atoms with Crippen LogP contribution in [0.25, 0.3) is 0 Å². The number of anilines is 1. The normalized spacial score (nSPS) is 11.8. The van der Waals surface area contributed by atoms with E-state index in [9.17, 15) is 13.2 Å². The molecular weight excluding hydrogens is 284 g/mol. The quantitative estimate of drug-likeness (QED) is 0.769. The average Bonchev–Trinajstić information content (AvgIpc) is 2.95. The summed E-state index contributed by atoms with van der Waals surface area (Å²) in [6, 6.07) is 1.16. The fourth-order valence-electron chi connectivity index (χ4n) is 1.54. The first-order chi connectivity index (χ1) is 9.29. The summed E-state index contributed by atoms with van der Waals surface area (Å²) in [4.78, 5) is 13.0. The Morgan fingerprint density at radius 1 is 1.50 bits per heavy atom. The Balaban J connectivity index is 2.23. The van der Waals surface area contributed by atoms with Gasteiger partial charge in [-0.3, -0.25) is 9.40 Å². The highest BCUT2D eigenvalue weighted by Gasteiger charge is 2.19. The molecule has 8 nitrogen and oxygen atoms in total. The van der Waals surface area contributed by atoms with Gasteiger partial charge in [-0.15, -0.1) is 0 Å². The summed E-state index contributed by atoms with van der Waals surface area (Å²) in [6.45, 7) is 3.83. The van der Waals surface area contributed by atoms with Crippen LogP contribution < -0.4 is 4.72 Å². The lowest BCUT2D eigenvalue weighted by Gasteiger charge is -2.04. The summed E-state index contributed by atoms with van der Waals surface area (Å²) in [5.74, 6) is -1.22. The van der Waals surface area contributed by atoms with E-state index in [1.54, 1.807) is 10.9 Å². The molecule has 9 heteroatoms. The van der Waals surface area contributed by atoms with Crippen molar-refractivity contribution in [3.8, 4) is 0 Å². The van der Waals surface area contributed by atoms with Crippen molar-refractivity contribution in [1.82, 2.24) is 14.8 Å². The number of rotatable bonds is 5. The molecule has 0 aliphatic rings. The number of aromatic carboxylic acids is 1. The molecule has 0 aromatic carbocycles. The van der Waals surface area contributed by atoms with Gasteiger partial charge in [-0.25, -0.2) is 13.2 Å². The van der Waals surface area contributed by atoms with E-state index < -0.39 is 16.0 Å². The second-order valence-corrected chi connectivity index (χ2v) is 6.14. The number of H-pyrrole nitrogens is 1. The first-order valence-corrected chi connectivity index (χ1v) is 7.26. The van der Waals surface area contributed by atoms with Gasteiger partial charge < -0.3 is 10.1 Å². The minimum Gasteiger partial charge on any atom is -0.477 e. The SMILES string of the molecule is CC(C)n1cc(NS(=O)(=O)c2c[nH]c(C(=O)O)c2)cn1. The van der Waals surface area contributed by atoms with Gasteiger partial charge in [0.25, 0.3) is 10.0 Å². The Bertz CT molecular complexity index is 729. The van der Waals surface area contributed by atoms with Gasteiger partial charge in [-0.2, -0.15) is 5.10 Å². The summed E-state index contributed by atoms with van der Waals surface area (Å²) < 4.78 is 28.1. The van der Waals surface area contributed by atoms with Gasteiger partial charge in [0.15, 0.2) is 0 Å². The zero-order valence-electron chi connectivity index (χ0n) is 10.9. The summed E-state index contributed by atoms with van der Waals surface area (Å²) in [5.41, 5.74) is 0.125. The average molecular weight is 298 g/mol. The van der Waals surface area contributed by atoms with E-state index in [-0.39, 0.29) is 16.6 Å². The number of aromatic amines is 1. The lowest BCUT2D eigenvalue weighted by Crippen LogP contribution is -2.11. The molecule has 0 spiro atoms. The fraction of sp³-hybridized carbons (Fsp3) is 0.273. The van der Waals surface area contributed by atoms with Crippen LogP contribution in [0.5, 0.6) is 0 Å². The van der Waals surface area contributed by atoms with Crippen molar-refractivity contribution in [2.75, 3.05) is 4.72 Å². The lowest BCUT2D eigenvalue weighted by molar-refractivity contribution is 0.0691. The number of nitrogens with one attached hydrogen (secondary N) is 2. The zero-order valence-corrected chi connectivity index (χ0v) is 11.7. The first-order valence-electron chi connectivity index (χ1n) is 5.78. The Hall–Kier alpha value is -2.29. The number of aromatic nitrogens is 3. The molecule has 108 valence electrons. The standard InChI is InChI=1S/C11H14N4O4S/c1-7(2)15-6-8(4-13-15)14-20(18,19)9-3-10(11(16)17)12-5-9/h3-7,12,14H,1-2H3,(H,16,17). The van der Waals surface area contributed by atoms with Crippen LogP contribution in [-0.2, 0) is 10.0 Å². The molecule has 2 heterocycles. The van der Waals surface area contributed by atoms with E-state index in [1.807, 2.05) is 13.8 Å². The molecule has 0 aliphatic heterocycles. The highest BCUT2D eigenvalue weighted by Crippen LogP contribution is 2.17. The minimum atomic E-state index is -3.84. The Kier molecular flexibility index (Phi) is 3.53. The van der Waals surface area contributed by atoms with Gasteiger partial charge in [0, 0.05) is 18.4 Å². The van der Waals surface area contributed by atoms with Crippen LogP contribution in [0.1, 0.15) is 30.4 Å². The maximum atomic E-state index is 12.1. The fourth-order valence-corrected chi connectivity index (χ4v) is 2.56. The van der Waals surface area contributed by atoms with Gasteiger partial charge in [0.2, 0.25) is 0 Å². The van der Waals surface area contributed by atoms with E-state index >= 15 is 0 Å².